The first-order chi connectivity index (χ1) is 8.20. The molecule has 1 aliphatic rings. The van der Waals surface area contributed by atoms with Crippen LogP contribution in [0.2, 0.25) is 0 Å². The highest BCUT2D eigenvalue weighted by molar-refractivity contribution is 5.86. The summed E-state index contributed by atoms with van der Waals surface area (Å²) in [4.78, 5) is 25.4. The molecule has 1 rings (SSSR count). The van der Waals surface area contributed by atoms with E-state index in [-0.39, 0.29) is 17.8 Å². The Balaban J connectivity index is 2.59. The van der Waals surface area contributed by atoms with E-state index in [1.54, 1.807) is 11.8 Å². The van der Waals surface area contributed by atoms with Gasteiger partial charge in [0.2, 0.25) is 0 Å². The maximum atomic E-state index is 11.9. The zero-order valence-electron chi connectivity index (χ0n) is 11.7. The summed E-state index contributed by atoms with van der Waals surface area (Å²) >= 11 is 0. The second kappa shape index (κ2) is 5.69. The number of piperidine rings is 1. The molecule has 0 aromatic heterocycles. The Morgan fingerprint density at radius 1 is 1.39 bits per heavy atom. The van der Waals surface area contributed by atoms with Crippen LogP contribution in [-0.2, 0) is 9.53 Å². The Bertz CT molecular complexity index is 321. The van der Waals surface area contributed by atoms with Crippen molar-refractivity contribution in [3.05, 3.63) is 0 Å². The summed E-state index contributed by atoms with van der Waals surface area (Å²) in [6, 6.07) is -0.464. The standard InChI is InChI=1S/C13H24N2O3/c1-9(14)11(16)10-6-5-7-15(8-10)12(17)18-13(2,3)4/h9-10H,5-8,14H2,1-4H3. The number of carbonyl (C=O) groups excluding carboxylic acids is 2. The Morgan fingerprint density at radius 2 is 2.00 bits per heavy atom. The summed E-state index contributed by atoms with van der Waals surface area (Å²) in [7, 11) is 0. The first-order valence-electron chi connectivity index (χ1n) is 6.48. The second-order valence-electron chi connectivity index (χ2n) is 5.96. The molecular weight excluding hydrogens is 232 g/mol. The van der Waals surface area contributed by atoms with Gasteiger partial charge in [0.1, 0.15) is 5.60 Å². The minimum atomic E-state index is -0.505. The molecule has 1 amide bonds. The molecule has 1 aliphatic heterocycles. The predicted octanol–water partition coefficient (Wildman–Crippen LogP) is 1.55. The fourth-order valence-corrected chi connectivity index (χ4v) is 2.07. The first-order valence-corrected chi connectivity index (χ1v) is 6.48. The summed E-state index contributed by atoms with van der Waals surface area (Å²) in [6.07, 6.45) is 1.28. The largest absolute Gasteiger partial charge is 0.444 e. The van der Waals surface area contributed by atoms with Gasteiger partial charge < -0.3 is 15.4 Å². The van der Waals surface area contributed by atoms with Crippen molar-refractivity contribution in [2.45, 2.75) is 52.2 Å². The molecule has 2 unspecified atom stereocenters. The maximum Gasteiger partial charge on any atom is 0.410 e. The smallest absolute Gasteiger partial charge is 0.410 e. The number of hydrogen-bond acceptors (Lipinski definition) is 4. The van der Waals surface area contributed by atoms with Gasteiger partial charge >= 0.3 is 6.09 Å². The topological polar surface area (TPSA) is 72.6 Å². The number of nitrogens with zero attached hydrogens (tertiary/aromatic N) is 1. The fourth-order valence-electron chi connectivity index (χ4n) is 2.07. The highest BCUT2D eigenvalue weighted by Crippen LogP contribution is 2.20. The van der Waals surface area contributed by atoms with Gasteiger partial charge in [-0.25, -0.2) is 4.79 Å². The number of rotatable bonds is 2. The van der Waals surface area contributed by atoms with Crippen molar-refractivity contribution in [1.29, 1.82) is 0 Å². The molecule has 2 atom stereocenters. The summed E-state index contributed by atoms with van der Waals surface area (Å²) in [6.45, 7) is 8.26. The van der Waals surface area contributed by atoms with E-state index in [2.05, 4.69) is 0 Å². The van der Waals surface area contributed by atoms with Gasteiger partial charge in [-0.1, -0.05) is 0 Å². The Labute approximate surface area is 109 Å². The van der Waals surface area contributed by atoms with Crippen LogP contribution >= 0.6 is 0 Å². The summed E-state index contributed by atoms with van der Waals surface area (Å²) in [5, 5.41) is 0. The van der Waals surface area contributed by atoms with E-state index in [1.165, 1.54) is 0 Å². The van der Waals surface area contributed by atoms with Crippen LogP contribution in [0.4, 0.5) is 4.79 Å². The van der Waals surface area contributed by atoms with E-state index in [0.717, 1.165) is 12.8 Å². The lowest BCUT2D eigenvalue weighted by Gasteiger charge is -2.34. The Morgan fingerprint density at radius 3 is 2.50 bits per heavy atom. The average molecular weight is 256 g/mol. The predicted molar refractivity (Wildman–Crippen MR) is 69.2 cm³/mol. The van der Waals surface area contributed by atoms with Gasteiger partial charge in [0.25, 0.3) is 0 Å². The molecule has 0 radical (unpaired) electrons. The Hall–Kier alpha value is -1.10. The van der Waals surface area contributed by atoms with Crippen LogP contribution in [0.3, 0.4) is 0 Å². The third-order valence-corrected chi connectivity index (χ3v) is 2.92. The van der Waals surface area contributed by atoms with Crippen molar-refractivity contribution >= 4 is 11.9 Å². The third-order valence-electron chi connectivity index (χ3n) is 2.92. The molecule has 0 spiro atoms. The van der Waals surface area contributed by atoms with Crippen molar-refractivity contribution in [2.24, 2.45) is 11.7 Å². The van der Waals surface area contributed by atoms with Gasteiger partial charge in [-0.05, 0) is 40.5 Å². The first kappa shape index (κ1) is 15.0. The molecule has 5 nitrogen and oxygen atoms in total. The molecule has 1 heterocycles. The maximum absolute atomic E-state index is 11.9. The SMILES string of the molecule is CC(N)C(=O)C1CCCN(C(=O)OC(C)(C)C)C1. The quantitative estimate of drug-likeness (QED) is 0.813. The molecule has 18 heavy (non-hydrogen) atoms. The van der Waals surface area contributed by atoms with Crippen LogP contribution in [0.25, 0.3) is 0 Å². The molecular formula is C13H24N2O3. The third kappa shape index (κ3) is 4.29. The van der Waals surface area contributed by atoms with E-state index in [4.69, 9.17) is 10.5 Å². The molecule has 104 valence electrons. The van der Waals surface area contributed by atoms with Crippen molar-refractivity contribution in [1.82, 2.24) is 4.90 Å². The number of ether oxygens (including phenoxy) is 1. The lowest BCUT2D eigenvalue weighted by Crippen LogP contribution is -2.47. The van der Waals surface area contributed by atoms with Crippen LogP contribution in [0.15, 0.2) is 0 Å². The van der Waals surface area contributed by atoms with E-state index in [1.807, 2.05) is 20.8 Å². The fraction of sp³-hybridized carbons (Fsp3) is 0.846. The van der Waals surface area contributed by atoms with E-state index in [0.29, 0.717) is 13.1 Å². The van der Waals surface area contributed by atoms with Gasteiger partial charge in [-0.3, -0.25) is 4.79 Å². The molecule has 0 aliphatic carbocycles. The lowest BCUT2D eigenvalue weighted by molar-refractivity contribution is -0.125. The average Bonchev–Trinajstić information content (AvgIpc) is 2.25. The molecule has 0 bridgehead atoms. The second-order valence-corrected chi connectivity index (χ2v) is 5.96. The van der Waals surface area contributed by atoms with Crippen LogP contribution in [0.1, 0.15) is 40.5 Å². The highest BCUT2D eigenvalue weighted by atomic mass is 16.6. The number of amides is 1. The van der Waals surface area contributed by atoms with Crippen LogP contribution < -0.4 is 5.73 Å². The van der Waals surface area contributed by atoms with Crippen molar-refractivity contribution in [3.8, 4) is 0 Å². The number of Topliss-reactive ketones (excluding diaryl/α,β-unsaturated/α-hetero) is 1. The summed E-state index contributed by atoms with van der Waals surface area (Å²) in [5.74, 6) is -0.116. The monoisotopic (exact) mass is 256 g/mol. The zero-order valence-corrected chi connectivity index (χ0v) is 11.7. The minimum absolute atomic E-state index is 0.0308. The van der Waals surface area contributed by atoms with Gasteiger partial charge in [-0.2, -0.15) is 0 Å². The Kier molecular flexibility index (Phi) is 4.73. The molecule has 0 aromatic rings. The summed E-state index contributed by atoms with van der Waals surface area (Å²) in [5.41, 5.74) is 5.10. The van der Waals surface area contributed by atoms with Crippen molar-refractivity contribution in [2.75, 3.05) is 13.1 Å². The zero-order chi connectivity index (χ0) is 13.9. The van der Waals surface area contributed by atoms with E-state index < -0.39 is 11.6 Å². The number of likely N-dealkylation sites (tertiary alicyclic amines) is 1. The minimum Gasteiger partial charge on any atom is -0.444 e. The molecule has 0 saturated carbocycles. The van der Waals surface area contributed by atoms with Crippen LogP contribution in [0.5, 0.6) is 0 Å². The highest BCUT2D eigenvalue weighted by Gasteiger charge is 2.31. The molecule has 5 heteroatoms. The number of carbonyl (C=O) groups is 2. The van der Waals surface area contributed by atoms with Gasteiger partial charge in [0.15, 0.2) is 5.78 Å². The van der Waals surface area contributed by atoms with E-state index in [9.17, 15) is 9.59 Å². The molecule has 1 saturated heterocycles. The van der Waals surface area contributed by atoms with Crippen LogP contribution in [0, 0.1) is 5.92 Å². The van der Waals surface area contributed by atoms with Crippen molar-refractivity contribution in [3.63, 3.8) is 0 Å². The van der Waals surface area contributed by atoms with Crippen molar-refractivity contribution < 1.29 is 14.3 Å². The molecule has 1 fully saturated rings. The van der Waals surface area contributed by atoms with Gasteiger partial charge in [0.05, 0.1) is 6.04 Å². The molecule has 0 aromatic carbocycles. The number of nitrogens with two attached hydrogens (primary N) is 1. The van der Waals surface area contributed by atoms with Crippen LogP contribution in [-0.4, -0.2) is 41.5 Å². The normalized spacial score (nSPS) is 22.5. The number of ketones is 1. The lowest BCUT2D eigenvalue weighted by atomic mass is 9.91. The van der Waals surface area contributed by atoms with Gasteiger partial charge in [-0.15, -0.1) is 0 Å². The summed E-state index contributed by atoms with van der Waals surface area (Å²) < 4.78 is 5.31. The molecule has 2 N–H and O–H groups in total. The van der Waals surface area contributed by atoms with E-state index >= 15 is 0 Å². The number of hydrogen-bond donors (Lipinski definition) is 1. The van der Waals surface area contributed by atoms with Gasteiger partial charge in [0, 0.05) is 19.0 Å².